The highest BCUT2D eigenvalue weighted by atomic mass is 32.1. The average Bonchev–Trinajstić information content (AvgIpc) is 2.72. The van der Waals surface area contributed by atoms with Gasteiger partial charge in [-0.3, -0.25) is 9.36 Å². The first-order valence-electron chi connectivity index (χ1n) is 3.72. The van der Waals surface area contributed by atoms with Crippen LogP contribution in [-0.4, -0.2) is 20.4 Å². The summed E-state index contributed by atoms with van der Waals surface area (Å²) in [6, 6.07) is 0. The molecule has 0 aliphatic carbocycles. The Morgan fingerprint density at radius 2 is 2.38 bits per heavy atom. The average molecular weight is 193 g/mol. The predicted molar refractivity (Wildman–Crippen MR) is 48.8 cm³/mol. The van der Waals surface area contributed by atoms with Crippen molar-refractivity contribution < 1.29 is 4.79 Å². The minimum absolute atomic E-state index is 0.128. The Kier molecular flexibility index (Phi) is 1.94. The maximum atomic E-state index is 11.7. The molecule has 2 aromatic rings. The van der Waals surface area contributed by atoms with Gasteiger partial charge in [-0.2, -0.15) is 0 Å². The van der Waals surface area contributed by atoms with E-state index in [1.54, 1.807) is 30.2 Å². The lowest BCUT2D eigenvalue weighted by atomic mass is 10.4. The molecule has 2 rings (SSSR count). The molecule has 0 aliphatic heterocycles. The largest absolute Gasteiger partial charge is 0.282 e. The highest BCUT2D eigenvalue weighted by Gasteiger charge is 2.11. The Morgan fingerprint density at radius 1 is 1.54 bits per heavy atom. The van der Waals surface area contributed by atoms with E-state index in [1.165, 1.54) is 15.9 Å². The summed E-state index contributed by atoms with van der Waals surface area (Å²) in [5, 5.41) is 1.72. The molecule has 0 aliphatic rings. The second-order valence-corrected chi connectivity index (χ2v) is 3.24. The van der Waals surface area contributed by atoms with Crippen LogP contribution in [0.5, 0.6) is 0 Å². The first-order chi connectivity index (χ1) is 6.29. The fraction of sp³-hybridized carbons (Fsp3) is 0.125. The Hall–Kier alpha value is -1.49. The van der Waals surface area contributed by atoms with Gasteiger partial charge in [0.2, 0.25) is 0 Å². The number of carbonyl (C=O) groups excluding carboxylic acids is 1. The molecule has 13 heavy (non-hydrogen) atoms. The third-order valence-corrected chi connectivity index (χ3v) is 2.28. The van der Waals surface area contributed by atoms with E-state index >= 15 is 0 Å². The van der Waals surface area contributed by atoms with Crippen LogP contribution in [-0.2, 0) is 0 Å². The van der Waals surface area contributed by atoms with E-state index < -0.39 is 0 Å². The predicted octanol–water partition coefficient (Wildman–Crippen LogP) is 1.34. The summed E-state index contributed by atoms with van der Waals surface area (Å²) in [6.45, 7) is 1.78. The van der Waals surface area contributed by atoms with Crippen LogP contribution in [0.2, 0.25) is 0 Å². The standard InChI is InChI=1S/C8H7N3OS/c1-6-9-2-3-11(6)8(12)7-4-13-5-10-7/h2-5H,1H3. The molecule has 0 spiro atoms. The van der Waals surface area contributed by atoms with Gasteiger partial charge < -0.3 is 0 Å². The topological polar surface area (TPSA) is 47.8 Å². The van der Waals surface area contributed by atoms with Crippen molar-refractivity contribution in [3.05, 3.63) is 34.8 Å². The van der Waals surface area contributed by atoms with Gasteiger partial charge in [0.05, 0.1) is 5.51 Å². The monoisotopic (exact) mass is 193 g/mol. The van der Waals surface area contributed by atoms with Crippen molar-refractivity contribution in [2.75, 3.05) is 0 Å². The summed E-state index contributed by atoms with van der Waals surface area (Å²) in [7, 11) is 0. The Labute approximate surface area is 78.9 Å². The number of carbonyl (C=O) groups is 1. The Morgan fingerprint density at radius 3 is 2.92 bits per heavy atom. The van der Waals surface area contributed by atoms with Crippen molar-refractivity contribution in [1.82, 2.24) is 14.5 Å². The highest BCUT2D eigenvalue weighted by molar-refractivity contribution is 7.07. The van der Waals surface area contributed by atoms with E-state index in [2.05, 4.69) is 9.97 Å². The van der Waals surface area contributed by atoms with Gasteiger partial charge in [-0.1, -0.05) is 0 Å². The number of nitrogens with zero attached hydrogens (tertiary/aromatic N) is 3. The molecule has 4 nitrogen and oxygen atoms in total. The number of rotatable bonds is 1. The third-order valence-electron chi connectivity index (χ3n) is 1.70. The zero-order valence-corrected chi connectivity index (χ0v) is 7.78. The summed E-state index contributed by atoms with van der Waals surface area (Å²) in [5.41, 5.74) is 2.10. The number of hydrogen-bond donors (Lipinski definition) is 0. The normalized spacial score (nSPS) is 10.2. The number of imidazole rings is 1. The fourth-order valence-electron chi connectivity index (χ4n) is 1.03. The lowest BCUT2D eigenvalue weighted by Crippen LogP contribution is -2.12. The minimum atomic E-state index is -0.128. The van der Waals surface area contributed by atoms with Crippen molar-refractivity contribution in [2.45, 2.75) is 6.92 Å². The lowest BCUT2D eigenvalue weighted by molar-refractivity contribution is 0.0953. The molecule has 0 unspecified atom stereocenters. The molecule has 0 saturated carbocycles. The second-order valence-electron chi connectivity index (χ2n) is 2.52. The van der Waals surface area contributed by atoms with Crippen LogP contribution in [0.15, 0.2) is 23.3 Å². The molecule has 0 atom stereocenters. The van der Waals surface area contributed by atoms with E-state index in [0.717, 1.165) is 0 Å². The minimum Gasteiger partial charge on any atom is -0.268 e. The summed E-state index contributed by atoms with van der Waals surface area (Å²) < 4.78 is 1.48. The van der Waals surface area contributed by atoms with E-state index in [0.29, 0.717) is 11.5 Å². The van der Waals surface area contributed by atoms with Crippen LogP contribution in [0.25, 0.3) is 0 Å². The molecule has 0 aromatic carbocycles. The maximum Gasteiger partial charge on any atom is 0.282 e. The molecule has 0 bridgehead atoms. The molecule has 2 heterocycles. The van der Waals surface area contributed by atoms with Crippen LogP contribution in [0.3, 0.4) is 0 Å². The Bertz CT molecular complexity index is 418. The van der Waals surface area contributed by atoms with Crippen LogP contribution in [0, 0.1) is 6.92 Å². The van der Waals surface area contributed by atoms with E-state index in [4.69, 9.17) is 0 Å². The van der Waals surface area contributed by atoms with Gasteiger partial charge in [0.15, 0.2) is 0 Å². The molecule has 0 fully saturated rings. The zero-order chi connectivity index (χ0) is 9.26. The summed E-state index contributed by atoms with van der Waals surface area (Å²) in [6.07, 6.45) is 3.23. The van der Waals surface area contributed by atoms with Gasteiger partial charge in [0.1, 0.15) is 11.5 Å². The van der Waals surface area contributed by atoms with Crippen molar-refractivity contribution >= 4 is 17.2 Å². The van der Waals surface area contributed by atoms with E-state index in [9.17, 15) is 4.79 Å². The van der Waals surface area contributed by atoms with E-state index in [1.807, 2.05) is 0 Å². The molecule has 0 amide bonds. The molecular formula is C8H7N3OS. The van der Waals surface area contributed by atoms with E-state index in [-0.39, 0.29) is 5.91 Å². The molecule has 66 valence electrons. The smallest absolute Gasteiger partial charge is 0.268 e. The van der Waals surface area contributed by atoms with Crippen molar-refractivity contribution in [3.63, 3.8) is 0 Å². The summed E-state index contributed by atoms with van der Waals surface area (Å²) in [4.78, 5) is 19.6. The first kappa shape index (κ1) is 8.12. The van der Waals surface area contributed by atoms with Crippen molar-refractivity contribution in [1.29, 1.82) is 0 Å². The fourth-order valence-corrected chi connectivity index (χ4v) is 1.56. The SMILES string of the molecule is Cc1nccn1C(=O)c1cscn1. The van der Waals surface area contributed by atoms with Gasteiger partial charge in [0, 0.05) is 17.8 Å². The maximum absolute atomic E-state index is 11.7. The third kappa shape index (κ3) is 1.38. The number of aryl methyl sites for hydroxylation is 1. The van der Waals surface area contributed by atoms with Crippen molar-refractivity contribution in [3.8, 4) is 0 Å². The first-order valence-corrected chi connectivity index (χ1v) is 4.66. The molecule has 5 heteroatoms. The second kappa shape index (κ2) is 3.10. The molecule has 0 radical (unpaired) electrons. The number of thiazole rings is 1. The van der Waals surface area contributed by atoms with Crippen molar-refractivity contribution in [2.24, 2.45) is 0 Å². The van der Waals surface area contributed by atoms with Gasteiger partial charge >= 0.3 is 0 Å². The number of hydrogen-bond acceptors (Lipinski definition) is 4. The van der Waals surface area contributed by atoms with Crippen LogP contribution in [0.1, 0.15) is 16.3 Å². The lowest BCUT2D eigenvalue weighted by Gasteiger charge is -1.98. The van der Waals surface area contributed by atoms with Crippen LogP contribution >= 0.6 is 11.3 Å². The quantitative estimate of drug-likeness (QED) is 0.686. The van der Waals surface area contributed by atoms with Gasteiger partial charge in [0.25, 0.3) is 5.91 Å². The van der Waals surface area contributed by atoms with Crippen LogP contribution in [0.4, 0.5) is 0 Å². The number of aromatic nitrogens is 3. The van der Waals surface area contributed by atoms with Crippen LogP contribution < -0.4 is 0 Å². The highest BCUT2D eigenvalue weighted by Crippen LogP contribution is 2.05. The van der Waals surface area contributed by atoms with Gasteiger partial charge in [-0.15, -0.1) is 11.3 Å². The molecule has 0 N–H and O–H groups in total. The summed E-state index contributed by atoms with van der Waals surface area (Å²) >= 11 is 1.41. The Balaban J connectivity index is 2.39. The molecule has 0 saturated heterocycles. The molecular weight excluding hydrogens is 186 g/mol. The molecule has 2 aromatic heterocycles. The summed E-state index contributed by atoms with van der Waals surface area (Å²) in [5.74, 6) is 0.550. The van der Waals surface area contributed by atoms with Gasteiger partial charge in [-0.25, -0.2) is 9.97 Å². The van der Waals surface area contributed by atoms with Gasteiger partial charge in [-0.05, 0) is 6.92 Å². The zero-order valence-electron chi connectivity index (χ0n) is 6.97.